The molecule has 0 spiro atoms. The first kappa shape index (κ1) is 8.53. The van der Waals surface area contributed by atoms with Gasteiger partial charge in [0.2, 0.25) is 0 Å². The summed E-state index contributed by atoms with van der Waals surface area (Å²) in [5.41, 5.74) is 5.58. The van der Waals surface area contributed by atoms with Gasteiger partial charge in [0.25, 0.3) is 0 Å². The average Bonchev–Trinajstić information content (AvgIpc) is 2.33. The van der Waals surface area contributed by atoms with Crippen molar-refractivity contribution < 1.29 is 9.53 Å². The van der Waals surface area contributed by atoms with Crippen molar-refractivity contribution in [1.82, 2.24) is 0 Å². The second-order valence-corrected chi connectivity index (χ2v) is 3.18. The first-order valence-corrected chi connectivity index (χ1v) is 3.83. The van der Waals surface area contributed by atoms with E-state index in [4.69, 9.17) is 12.7 Å². The topological polar surface area (TPSA) is 52.3 Å². The Kier molecular flexibility index (Phi) is 2.49. The highest BCUT2D eigenvalue weighted by Gasteiger charge is 2.30. The van der Waals surface area contributed by atoms with Gasteiger partial charge in [-0.2, -0.15) is 0 Å². The minimum Gasteiger partial charge on any atom is -0.463 e. The predicted molar refractivity (Wildman–Crippen MR) is 40.6 cm³/mol. The van der Waals surface area contributed by atoms with Crippen LogP contribution < -0.4 is 5.73 Å². The van der Waals surface area contributed by atoms with Crippen molar-refractivity contribution in [3.05, 3.63) is 6.92 Å². The maximum atomic E-state index is 10.2. The summed E-state index contributed by atoms with van der Waals surface area (Å²) < 4.78 is 4.64. The number of nitrogens with two attached hydrogens (primary N) is 1. The third-order valence-corrected chi connectivity index (χ3v) is 2.10. The Morgan fingerprint density at radius 1 is 1.55 bits per heavy atom. The van der Waals surface area contributed by atoms with Crippen LogP contribution >= 0.6 is 0 Å². The zero-order valence-corrected chi connectivity index (χ0v) is 6.51. The lowest BCUT2D eigenvalue weighted by atomic mass is 10.0. The van der Waals surface area contributed by atoms with E-state index >= 15 is 0 Å². The van der Waals surface area contributed by atoms with Crippen LogP contribution in [0.15, 0.2) is 0 Å². The summed E-state index contributed by atoms with van der Waals surface area (Å²) in [7, 11) is 0. The van der Waals surface area contributed by atoms with Crippen LogP contribution in [-0.4, -0.2) is 18.1 Å². The van der Waals surface area contributed by atoms with Crippen LogP contribution in [0.3, 0.4) is 0 Å². The zero-order chi connectivity index (χ0) is 8.32. The molecule has 2 radical (unpaired) electrons. The fourth-order valence-electron chi connectivity index (χ4n) is 1.44. The number of rotatable bonds is 2. The number of esters is 1. The number of carbonyl (C=O) groups is 1. The van der Waals surface area contributed by atoms with Gasteiger partial charge in [0.05, 0.1) is 12.5 Å². The lowest BCUT2D eigenvalue weighted by Gasteiger charge is -2.21. The summed E-state index contributed by atoms with van der Waals surface area (Å²) in [5.74, 6) is -0.735. The molecule has 0 aromatic rings. The van der Waals surface area contributed by atoms with Crippen molar-refractivity contribution in [2.75, 3.05) is 6.61 Å². The molecule has 1 aliphatic rings. The second-order valence-electron chi connectivity index (χ2n) is 3.18. The van der Waals surface area contributed by atoms with Gasteiger partial charge in [0, 0.05) is 0 Å². The van der Waals surface area contributed by atoms with E-state index < -0.39 is 5.97 Å². The van der Waals surface area contributed by atoms with Crippen molar-refractivity contribution in [1.29, 1.82) is 0 Å². The van der Waals surface area contributed by atoms with Crippen LogP contribution in [0.1, 0.15) is 25.7 Å². The van der Waals surface area contributed by atoms with E-state index in [1.165, 1.54) is 0 Å². The van der Waals surface area contributed by atoms with Gasteiger partial charge in [-0.15, -0.1) is 0 Å². The number of ether oxygens (including phenoxy) is 1. The number of carbonyl (C=O) groups excluding carboxylic acids is 1. The molecule has 3 nitrogen and oxygen atoms in total. The zero-order valence-electron chi connectivity index (χ0n) is 6.51. The lowest BCUT2D eigenvalue weighted by Crippen LogP contribution is -2.41. The average molecular weight is 155 g/mol. The highest BCUT2D eigenvalue weighted by molar-refractivity contribution is 5.73. The molecule has 0 saturated heterocycles. The molecule has 1 saturated carbocycles. The Balaban J connectivity index is 2.28. The van der Waals surface area contributed by atoms with Gasteiger partial charge >= 0.3 is 5.97 Å². The molecular formula is C8H13NO2. The molecule has 1 rings (SSSR count). The molecule has 2 N–H and O–H groups in total. The number of hydrogen-bond donors (Lipinski definition) is 1. The van der Waals surface area contributed by atoms with Crippen LogP contribution in [0, 0.1) is 6.92 Å². The largest absolute Gasteiger partial charge is 0.463 e. The van der Waals surface area contributed by atoms with Crippen molar-refractivity contribution in [2.24, 2.45) is 5.73 Å². The maximum absolute atomic E-state index is 10.2. The van der Waals surface area contributed by atoms with Crippen molar-refractivity contribution in [3.63, 3.8) is 0 Å². The van der Waals surface area contributed by atoms with Crippen molar-refractivity contribution in [3.8, 4) is 0 Å². The molecule has 11 heavy (non-hydrogen) atoms. The highest BCUT2D eigenvalue weighted by Crippen LogP contribution is 2.27. The Labute approximate surface area is 66.9 Å². The molecule has 0 aromatic heterocycles. The maximum Gasteiger partial charge on any atom is 0.310 e. The second kappa shape index (κ2) is 3.22. The molecule has 1 aliphatic carbocycles. The van der Waals surface area contributed by atoms with Gasteiger partial charge in [0.15, 0.2) is 0 Å². The van der Waals surface area contributed by atoms with E-state index in [-0.39, 0.29) is 12.1 Å². The molecular weight excluding hydrogens is 142 g/mol. The van der Waals surface area contributed by atoms with Gasteiger partial charge in [-0.05, 0) is 12.8 Å². The lowest BCUT2D eigenvalue weighted by molar-refractivity contribution is -0.139. The summed E-state index contributed by atoms with van der Waals surface area (Å²) in [6.45, 7) is 5.08. The smallest absolute Gasteiger partial charge is 0.310 e. The summed E-state index contributed by atoms with van der Waals surface area (Å²) >= 11 is 0. The van der Waals surface area contributed by atoms with Gasteiger partial charge in [0.1, 0.15) is 6.61 Å². The fourth-order valence-corrected chi connectivity index (χ4v) is 1.44. The molecule has 0 bridgehead atoms. The van der Waals surface area contributed by atoms with Gasteiger partial charge in [-0.3, -0.25) is 4.79 Å². The molecule has 0 heterocycles. The van der Waals surface area contributed by atoms with Crippen molar-refractivity contribution in [2.45, 2.75) is 31.2 Å². The molecule has 0 aromatic carbocycles. The predicted octanol–water partition coefficient (Wildman–Crippen LogP) is 0.512. The Hall–Kier alpha value is -0.570. The molecule has 0 atom stereocenters. The Morgan fingerprint density at radius 3 is 2.55 bits per heavy atom. The van der Waals surface area contributed by atoms with Crippen molar-refractivity contribution >= 4 is 5.97 Å². The third-order valence-electron chi connectivity index (χ3n) is 2.10. The monoisotopic (exact) mass is 155 g/mol. The molecule has 62 valence electrons. The quantitative estimate of drug-likeness (QED) is 0.591. The van der Waals surface area contributed by atoms with Gasteiger partial charge in [-0.25, -0.2) is 0 Å². The Morgan fingerprint density at radius 2 is 2.09 bits per heavy atom. The van der Waals surface area contributed by atoms with Crippen LogP contribution in [-0.2, 0) is 9.53 Å². The van der Waals surface area contributed by atoms with Crippen LogP contribution in [0.4, 0.5) is 0 Å². The molecule has 0 amide bonds. The number of hydrogen-bond acceptors (Lipinski definition) is 3. The van der Waals surface area contributed by atoms with Crippen LogP contribution in [0.25, 0.3) is 0 Å². The molecule has 3 heteroatoms. The standard InChI is InChI=1S/C8H13NO2/c1-7(10)11-6-8(9)4-2-3-5-8/h1H,2-6,9H2. The van der Waals surface area contributed by atoms with E-state index in [0.717, 1.165) is 25.7 Å². The minimum absolute atomic E-state index is 0.266. The normalized spacial score (nSPS) is 21.6. The van der Waals surface area contributed by atoms with Crippen LogP contribution in [0.5, 0.6) is 0 Å². The van der Waals surface area contributed by atoms with E-state index in [9.17, 15) is 4.79 Å². The Bertz CT molecular complexity index is 150. The molecule has 1 fully saturated rings. The van der Waals surface area contributed by atoms with Gasteiger partial charge in [-0.1, -0.05) is 12.8 Å². The first-order chi connectivity index (χ1) is 5.12. The minimum atomic E-state index is -0.735. The van der Waals surface area contributed by atoms with Gasteiger partial charge < -0.3 is 10.5 Å². The highest BCUT2D eigenvalue weighted by atomic mass is 16.5. The SMILES string of the molecule is [CH]C(=O)OCC1(N)CCCC1. The summed E-state index contributed by atoms with van der Waals surface area (Å²) in [6.07, 6.45) is 4.11. The molecule has 0 aliphatic heterocycles. The summed E-state index contributed by atoms with van der Waals surface area (Å²) in [4.78, 5) is 10.2. The fraction of sp³-hybridized carbons (Fsp3) is 0.750. The van der Waals surface area contributed by atoms with E-state index in [1.807, 2.05) is 0 Å². The van der Waals surface area contributed by atoms with Crippen LogP contribution in [0.2, 0.25) is 0 Å². The summed E-state index contributed by atoms with van der Waals surface area (Å²) in [6, 6.07) is 0. The summed E-state index contributed by atoms with van der Waals surface area (Å²) in [5, 5.41) is 0. The van der Waals surface area contributed by atoms with E-state index in [1.54, 1.807) is 0 Å². The van der Waals surface area contributed by atoms with E-state index in [0.29, 0.717) is 0 Å². The van der Waals surface area contributed by atoms with E-state index in [2.05, 4.69) is 4.74 Å². The molecule has 0 unspecified atom stereocenters. The first-order valence-electron chi connectivity index (χ1n) is 3.83. The third kappa shape index (κ3) is 2.50.